The Labute approximate surface area is 127 Å². The van der Waals surface area contributed by atoms with E-state index in [1.54, 1.807) is 17.5 Å². The van der Waals surface area contributed by atoms with Gasteiger partial charge in [-0.1, -0.05) is 28.1 Å². The predicted molar refractivity (Wildman–Crippen MR) is 85.4 cm³/mol. The van der Waals surface area contributed by atoms with Gasteiger partial charge in [-0.2, -0.15) is 0 Å². The number of nitrogens with zero attached hydrogens (tertiary/aromatic N) is 1. The molecule has 0 bridgehead atoms. The topological polar surface area (TPSA) is 54.0 Å². The summed E-state index contributed by atoms with van der Waals surface area (Å²) >= 11 is 5.06. The number of benzene rings is 1. The molecular weight excluding hydrogens is 338 g/mol. The molecule has 0 saturated heterocycles. The second kappa shape index (κ2) is 4.29. The molecular formula is C14H8BrN3OS. The van der Waals surface area contributed by atoms with E-state index in [0.29, 0.717) is 0 Å². The fraction of sp³-hybridized carbons (Fsp3) is 0. The lowest BCUT2D eigenvalue weighted by Crippen LogP contribution is -2.23. The van der Waals surface area contributed by atoms with Crippen LogP contribution in [0.4, 0.5) is 16.2 Å². The van der Waals surface area contributed by atoms with Crippen molar-refractivity contribution in [2.45, 2.75) is 0 Å². The fourth-order valence-electron chi connectivity index (χ4n) is 2.35. The lowest BCUT2D eigenvalue weighted by Gasteiger charge is -2.16. The number of pyridine rings is 1. The van der Waals surface area contributed by atoms with Gasteiger partial charge in [-0.05, 0) is 23.8 Å². The van der Waals surface area contributed by atoms with E-state index in [1.165, 1.54) is 0 Å². The van der Waals surface area contributed by atoms with Crippen molar-refractivity contribution in [2.75, 3.05) is 10.6 Å². The van der Waals surface area contributed by atoms with Crippen molar-refractivity contribution in [3.8, 4) is 10.4 Å². The molecule has 1 aromatic carbocycles. The van der Waals surface area contributed by atoms with E-state index in [-0.39, 0.29) is 6.03 Å². The van der Waals surface area contributed by atoms with Gasteiger partial charge in [-0.15, -0.1) is 11.3 Å². The Morgan fingerprint density at radius 1 is 1.20 bits per heavy atom. The number of urea groups is 1. The second-order valence-electron chi connectivity index (χ2n) is 4.43. The first kappa shape index (κ1) is 11.9. The van der Waals surface area contributed by atoms with Gasteiger partial charge in [0.05, 0.1) is 21.6 Å². The van der Waals surface area contributed by atoms with Crippen LogP contribution in [0.2, 0.25) is 0 Å². The zero-order valence-electron chi connectivity index (χ0n) is 10.1. The number of thiophene rings is 1. The molecule has 1 aliphatic heterocycles. The van der Waals surface area contributed by atoms with Crippen LogP contribution < -0.4 is 10.6 Å². The van der Waals surface area contributed by atoms with E-state index >= 15 is 0 Å². The Hall–Kier alpha value is -1.92. The van der Waals surface area contributed by atoms with E-state index in [4.69, 9.17) is 0 Å². The van der Waals surface area contributed by atoms with E-state index < -0.39 is 0 Å². The fourth-order valence-corrected chi connectivity index (χ4v) is 3.87. The molecule has 0 radical (unpaired) electrons. The van der Waals surface area contributed by atoms with Gasteiger partial charge in [0.15, 0.2) is 0 Å². The molecule has 2 aromatic heterocycles. The Morgan fingerprint density at radius 2 is 2.10 bits per heavy atom. The number of nitrogens with one attached hydrogen (secondary N) is 2. The Balaban J connectivity index is 2.05. The van der Waals surface area contributed by atoms with E-state index in [9.17, 15) is 4.79 Å². The minimum Gasteiger partial charge on any atom is -0.307 e. The molecule has 20 heavy (non-hydrogen) atoms. The van der Waals surface area contributed by atoms with Gasteiger partial charge in [0.25, 0.3) is 0 Å². The molecule has 3 heterocycles. The molecule has 2 N–H and O–H groups in total. The molecule has 0 saturated carbocycles. The molecule has 4 nitrogen and oxygen atoms in total. The summed E-state index contributed by atoms with van der Waals surface area (Å²) < 4.78 is 1.01. The van der Waals surface area contributed by atoms with Crippen LogP contribution in [0.1, 0.15) is 0 Å². The SMILES string of the molecule is O=C1Nc2ccnc3sc(-c4cccc(Br)c4)c(c23)N1. The smallest absolute Gasteiger partial charge is 0.307 e. The highest BCUT2D eigenvalue weighted by atomic mass is 79.9. The molecule has 0 aliphatic carbocycles. The number of carbonyl (C=O) groups is 1. The number of carbonyl (C=O) groups excluding carboxylic acids is 1. The third-order valence-corrected chi connectivity index (χ3v) is 4.81. The molecule has 98 valence electrons. The third-order valence-electron chi connectivity index (χ3n) is 3.17. The summed E-state index contributed by atoms with van der Waals surface area (Å²) in [7, 11) is 0. The zero-order chi connectivity index (χ0) is 13.7. The van der Waals surface area contributed by atoms with Crippen LogP contribution in [-0.2, 0) is 0 Å². The first-order valence-corrected chi connectivity index (χ1v) is 7.59. The Kier molecular flexibility index (Phi) is 2.55. The van der Waals surface area contributed by atoms with Gasteiger partial charge in [-0.25, -0.2) is 9.78 Å². The van der Waals surface area contributed by atoms with Crippen LogP contribution in [0, 0.1) is 0 Å². The van der Waals surface area contributed by atoms with Gasteiger partial charge in [0.1, 0.15) is 4.83 Å². The van der Waals surface area contributed by atoms with Crippen LogP contribution in [-0.4, -0.2) is 11.0 Å². The lowest BCUT2D eigenvalue weighted by atomic mass is 10.1. The third kappa shape index (κ3) is 1.72. The maximum atomic E-state index is 11.8. The number of halogens is 1. The van der Waals surface area contributed by atoms with Crippen molar-refractivity contribution in [1.82, 2.24) is 4.98 Å². The highest BCUT2D eigenvalue weighted by Gasteiger charge is 2.23. The molecule has 0 atom stereocenters. The van der Waals surface area contributed by atoms with Crippen LogP contribution in [0.5, 0.6) is 0 Å². The highest BCUT2D eigenvalue weighted by Crippen LogP contribution is 2.46. The summed E-state index contributed by atoms with van der Waals surface area (Å²) in [6.45, 7) is 0. The average molecular weight is 346 g/mol. The van der Waals surface area contributed by atoms with Crippen LogP contribution in [0.25, 0.3) is 20.7 Å². The monoisotopic (exact) mass is 345 g/mol. The summed E-state index contributed by atoms with van der Waals surface area (Å²) in [5.41, 5.74) is 2.71. The molecule has 0 fully saturated rings. The predicted octanol–water partition coefficient (Wildman–Crippen LogP) is 4.68. The largest absolute Gasteiger partial charge is 0.323 e. The maximum Gasteiger partial charge on any atom is 0.323 e. The van der Waals surface area contributed by atoms with Crippen molar-refractivity contribution in [3.63, 3.8) is 0 Å². The van der Waals surface area contributed by atoms with Crippen molar-refractivity contribution >= 4 is 54.9 Å². The molecule has 3 aromatic rings. The van der Waals surface area contributed by atoms with Gasteiger partial charge < -0.3 is 10.6 Å². The average Bonchev–Trinajstić information content (AvgIpc) is 2.79. The van der Waals surface area contributed by atoms with Gasteiger partial charge in [0.2, 0.25) is 0 Å². The normalized spacial score (nSPS) is 13.2. The summed E-state index contributed by atoms with van der Waals surface area (Å²) in [6.07, 6.45) is 1.72. The minimum absolute atomic E-state index is 0.209. The first-order valence-electron chi connectivity index (χ1n) is 5.98. The molecule has 2 amide bonds. The Bertz CT molecular complexity index is 859. The summed E-state index contributed by atoms with van der Waals surface area (Å²) in [5, 5.41) is 6.68. The highest BCUT2D eigenvalue weighted by molar-refractivity contribution is 9.10. The van der Waals surface area contributed by atoms with Crippen LogP contribution >= 0.6 is 27.3 Å². The van der Waals surface area contributed by atoms with Crippen molar-refractivity contribution in [1.29, 1.82) is 0 Å². The molecule has 0 spiro atoms. The second-order valence-corrected chi connectivity index (χ2v) is 6.35. The number of anilines is 2. The minimum atomic E-state index is -0.209. The standard InChI is InChI=1S/C14H8BrN3OS/c15-8-3-1-2-7(6-8)12-11-10-9(17-14(19)18-11)4-5-16-13(10)20-12/h1-6H,(H2,17,18,19). The summed E-state index contributed by atoms with van der Waals surface area (Å²) in [6, 6.07) is 9.64. The van der Waals surface area contributed by atoms with Gasteiger partial charge >= 0.3 is 6.03 Å². The molecule has 0 unspecified atom stereocenters. The number of amides is 2. The van der Waals surface area contributed by atoms with Crippen molar-refractivity contribution in [2.24, 2.45) is 0 Å². The van der Waals surface area contributed by atoms with Crippen LogP contribution in [0.3, 0.4) is 0 Å². The molecule has 1 aliphatic rings. The lowest BCUT2D eigenvalue weighted by molar-refractivity contribution is 0.262. The van der Waals surface area contributed by atoms with Gasteiger partial charge in [0, 0.05) is 10.7 Å². The Morgan fingerprint density at radius 3 is 2.95 bits per heavy atom. The molecule has 4 rings (SSSR count). The number of aromatic nitrogens is 1. The molecule has 6 heteroatoms. The van der Waals surface area contributed by atoms with Gasteiger partial charge in [-0.3, -0.25) is 0 Å². The van der Waals surface area contributed by atoms with E-state index in [0.717, 1.165) is 36.5 Å². The maximum absolute atomic E-state index is 11.8. The summed E-state index contributed by atoms with van der Waals surface area (Å²) in [4.78, 5) is 18.1. The number of hydrogen-bond donors (Lipinski definition) is 2. The number of hydrogen-bond acceptors (Lipinski definition) is 3. The summed E-state index contributed by atoms with van der Waals surface area (Å²) in [5.74, 6) is 0. The van der Waals surface area contributed by atoms with Crippen LogP contribution in [0.15, 0.2) is 41.0 Å². The number of rotatable bonds is 1. The first-order chi connectivity index (χ1) is 9.72. The zero-order valence-corrected chi connectivity index (χ0v) is 12.5. The van der Waals surface area contributed by atoms with E-state index in [2.05, 4.69) is 31.5 Å². The quantitative estimate of drug-likeness (QED) is 0.672. The van der Waals surface area contributed by atoms with E-state index in [1.807, 2.05) is 30.3 Å². The van der Waals surface area contributed by atoms with Crippen molar-refractivity contribution < 1.29 is 4.79 Å². The van der Waals surface area contributed by atoms with Crippen molar-refractivity contribution in [3.05, 3.63) is 41.0 Å².